The number of ether oxygens (including phenoxy) is 1. The number of carbonyl (C=O) groups excluding carboxylic acids is 1. The number of benzene rings is 2. The largest absolute Gasteiger partial charge is 0.481 e. The van der Waals surface area contributed by atoms with Crippen molar-refractivity contribution < 1.29 is 23.8 Å². The number of hydrogen-bond donors (Lipinski definition) is 2. The van der Waals surface area contributed by atoms with Crippen molar-refractivity contribution in [2.75, 3.05) is 5.32 Å². The van der Waals surface area contributed by atoms with Gasteiger partial charge in [-0.15, -0.1) is 0 Å². The second kappa shape index (κ2) is 9.26. The van der Waals surface area contributed by atoms with Crippen molar-refractivity contribution in [1.29, 1.82) is 0 Å². The molecule has 0 spiro atoms. The number of pyridine rings is 1. The van der Waals surface area contributed by atoms with Gasteiger partial charge in [-0.3, -0.25) is 15.1 Å². The molecule has 0 saturated heterocycles. The van der Waals surface area contributed by atoms with Gasteiger partial charge in [-0.2, -0.15) is 5.10 Å². The van der Waals surface area contributed by atoms with Gasteiger partial charge in [0.05, 0.1) is 29.2 Å². The molecule has 1 unspecified atom stereocenters. The Morgan fingerprint density at radius 2 is 1.89 bits per heavy atom. The van der Waals surface area contributed by atoms with E-state index in [0.717, 1.165) is 5.56 Å². The summed E-state index contributed by atoms with van der Waals surface area (Å²) in [6.07, 6.45) is 2.91. The molecule has 5 rings (SSSR count). The Kier molecular flexibility index (Phi) is 5.97. The van der Waals surface area contributed by atoms with Crippen LogP contribution in [0.15, 0.2) is 79.1 Å². The SMILES string of the molecule is CC(OC(=O)Nc1ccnn1-c1ccc(-c2ccc(C3(C(=O)O)CC3)c(F)c2)nc1)c1ccccc1. The van der Waals surface area contributed by atoms with Crippen molar-refractivity contribution >= 4 is 17.9 Å². The van der Waals surface area contributed by atoms with Crippen LogP contribution in [0.4, 0.5) is 15.0 Å². The van der Waals surface area contributed by atoms with Crippen LogP contribution in [-0.2, 0) is 14.9 Å². The Hall–Kier alpha value is -4.53. The second-order valence-electron chi connectivity index (χ2n) is 8.69. The molecule has 0 aliphatic heterocycles. The lowest BCUT2D eigenvalue weighted by atomic mass is 9.94. The Bertz CT molecular complexity index is 1420. The number of carbonyl (C=O) groups is 2. The number of nitrogens with one attached hydrogen (secondary N) is 1. The predicted octanol–water partition coefficient (Wildman–Crippen LogP) is 5.50. The molecule has 2 aromatic heterocycles. The summed E-state index contributed by atoms with van der Waals surface area (Å²) in [5, 5.41) is 16.4. The summed E-state index contributed by atoms with van der Waals surface area (Å²) in [5.74, 6) is -1.16. The van der Waals surface area contributed by atoms with E-state index in [2.05, 4.69) is 15.4 Å². The number of aliphatic carboxylic acids is 1. The highest BCUT2D eigenvalue weighted by Gasteiger charge is 2.53. The molecule has 1 aliphatic rings. The molecule has 1 aliphatic carbocycles. The first kappa shape index (κ1) is 23.2. The molecule has 36 heavy (non-hydrogen) atoms. The number of aromatic nitrogens is 3. The second-order valence-corrected chi connectivity index (χ2v) is 8.69. The minimum atomic E-state index is -1.11. The van der Waals surface area contributed by atoms with Gasteiger partial charge in [0.1, 0.15) is 17.7 Å². The summed E-state index contributed by atoms with van der Waals surface area (Å²) in [6, 6.07) is 19.0. The van der Waals surface area contributed by atoms with E-state index in [0.29, 0.717) is 35.6 Å². The highest BCUT2D eigenvalue weighted by Crippen LogP contribution is 2.49. The summed E-state index contributed by atoms with van der Waals surface area (Å²) in [6.45, 7) is 1.79. The van der Waals surface area contributed by atoms with E-state index < -0.39 is 29.4 Å². The lowest BCUT2D eigenvalue weighted by Crippen LogP contribution is -2.20. The zero-order valence-corrected chi connectivity index (χ0v) is 19.4. The third kappa shape index (κ3) is 4.43. The first-order chi connectivity index (χ1) is 17.4. The van der Waals surface area contributed by atoms with Gasteiger partial charge in [0.2, 0.25) is 0 Å². The molecule has 9 heteroatoms. The zero-order valence-electron chi connectivity index (χ0n) is 19.4. The fraction of sp³-hybridized carbons (Fsp3) is 0.185. The van der Waals surface area contributed by atoms with Crippen LogP contribution in [-0.4, -0.2) is 31.9 Å². The monoisotopic (exact) mass is 486 g/mol. The van der Waals surface area contributed by atoms with E-state index >= 15 is 0 Å². The maximum absolute atomic E-state index is 14.8. The van der Waals surface area contributed by atoms with Crippen molar-refractivity contribution in [3.8, 4) is 16.9 Å². The van der Waals surface area contributed by atoms with E-state index in [1.54, 1.807) is 37.4 Å². The molecule has 2 aromatic carbocycles. The summed E-state index contributed by atoms with van der Waals surface area (Å²) >= 11 is 0. The molecule has 1 saturated carbocycles. The lowest BCUT2D eigenvalue weighted by molar-refractivity contribution is -0.140. The first-order valence-corrected chi connectivity index (χ1v) is 11.4. The number of nitrogens with zero attached hydrogens (tertiary/aromatic N) is 3. The van der Waals surface area contributed by atoms with Crippen molar-refractivity contribution in [3.05, 3.63) is 96.1 Å². The third-order valence-corrected chi connectivity index (χ3v) is 6.36. The summed E-state index contributed by atoms with van der Waals surface area (Å²) in [7, 11) is 0. The molecular weight excluding hydrogens is 463 g/mol. The number of halogens is 1. The molecule has 8 nitrogen and oxygen atoms in total. The third-order valence-electron chi connectivity index (χ3n) is 6.36. The Morgan fingerprint density at radius 1 is 1.11 bits per heavy atom. The van der Waals surface area contributed by atoms with Crippen LogP contribution < -0.4 is 5.32 Å². The first-order valence-electron chi connectivity index (χ1n) is 11.4. The van der Waals surface area contributed by atoms with E-state index in [1.165, 1.54) is 23.0 Å². The smallest absolute Gasteiger partial charge is 0.413 e. The highest BCUT2D eigenvalue weighted by molar-refractivity contribution is 5.85. The van der Waals surface area contributed by atoms with Crippen LogP contribution >= 0.6 is 0 Å². The van der Waals surface area contributed by atoms with Crippen molar-refractivity contribution in [2.24, 2.45) is 0 Å². The maximum atomic E-state index is 14.8. The van der Waals surface area contributed by atoms with E-state index in [-0.39, 0.29) is 5.56 Å². The average molecular weight is 487 g/mol. The molecule has 2 heterocycles. The van der Waals surface area contributed by atoms with Crippen LogP contribution in [0, 0.1) is 5.82 Å². The molecule has 2 N–H and O–H groups in total. The van der Waals surface area contributed by atoms with Gasteiger partial charge < -0.3 is 9.84 Å². The fourth-order valence-electron chi connectivity index (χ4n) is 4.16. The van der Waals surface area contributed by atoms with Gasteiger partial charge in [-0.05, 0) is 43.5 Å². The average Bonchev–Trinajstić information content (AvgIpc) is 3.57. The molecule has 0 bridgehead atoms. The van der Waals surface area contributed by atoms with Gasteiger partial charge in [-0.1, -0.05) is 42.5 Å². The van der Waals surface area contributed by atoms with Crippen LogP contribution in [0.25, 0.3) is 16.9 Å². The number of carboxylic acids is 1. The van der Waals surface area contributed by atoms with Gasteiger partial charge in [0.15, 0.2) is 0 Å². The standard InChI is InChI=1S/C27H23FN4O4/c1-17(18-5-3-2-4-6-18)36-26(35)31-24-11-14-30-32(24)20-8-10-23(29-16-20)19-7-9-21(22(28)15-19)27(12-13-27)25(33)34/h2-11,14-17H,12-13H2,1H3,(H,31,35)(H,33,34). The topological polar surface area (TPSA) is 106 Å². The van der Waals surface area contributed by atoms with Crippen LogP contribution in [0.5, 0.6) is 0 Å². The quantitative estimate of drug-likeness (QED) is 0.357. The number of rotatable bonds is 7. The molecule has 1 atom stereocenters. The molecule has 182 valence electrons. The van der Waals surface area contributed by atoms with Gasteiger partial charge in [-0.25, -0.2) is 13.9 Å². The Morgan fingerprint density at radius 3 is 2.53 bits per heavy atom. The Labute approximate surface area is 206 Å². The zero-order chi connectivity index (χ0) is 25.3. The minimum Gasteiger partial charge on any atom is -0.481 e. The van der Waals surface area contributed by atoms with Crippen molar-refractivity contribution in [1.82, 2.24) is 14.8 Å². The van der Waals surface area contributed by atoms with Crippen molar-refractivity contribution in [2.45, 2.75) is 31.3 Å². The maximum Gasteiger partial charge on any atom is 0.413 e. The number of anilines is 1. The van der Waals surface area contributed by atoms with E-state index in [9.17, 15) is 19.1 Å². The lowest BCUT2D eigenvalue weighted by Gasteiger charge is -2.15. The minimum absolute atomic E-state index is 0.205. The van der Waals surface area contributed by atoms with Gasteiger partial charge in [0.25, 0.3) is 0 Å². The number of carboxylic acid groups (broad SMARTS) is 1. The van der Waals surface area contributed by atoms with Crippen LogP contribution in [0.2, 0.25) is 0 Å². The summed E-state index contributed by atoms with van der Waals surface area (Å²) in [5.41, 5.74) is 1.60. The van der Waals surface area contributed by atoms with Crippen LogP contribution in [0.3, 0.4) is 0 Å². The summed E-state index contributed by atoms with van der Waals surface area (Å²) < 4.78 is 21.7. The van der Waals surface area contributed by atoms with Gasteiger partial charge in [0, 0.05) is 17.2 Å². The van der Waals surface area contributed by atoms with Gasteiger partial charge >= 0.3 is 12.1 Å². The van der Waals surface area contributed by atoms with Crippen molar-refractivity contribution in [3.63, 3.8) is 0 Å². The highest BCUT2D eigenvalue weighted by atomic mass is 19.1. The number of amides is 1. The Balaban J connectivity index is 1.29. The molecular formula is C27H23FN4O4. The fourth-order valence-corrected chi connectivity index (χ4v) is 4.16. The number of hydrogen-bond acceptors (Lipinski definition) is 5. The van der Waals surface area contributed by atoms with E-state index in [1.807, 2.05) is 30.3 Å². The molecule has 0 radical (unpaired) electrons. The summed E-state index contributed by atoms with van der Waals surface area (Å²) in [4.78, 5) is 28.4. The predicted molar refractivity (Wildman–Crippen MR) is 130 cm³/mol. The molecule has 1 amide bonds. The molecule has 4 aromatic rings. The van der Waals surface area contributed by atoms with E-state index in [4.69, 9.17) is 4.74 Å². The molecule has 1 fully saturated rings. The normalized spacial score (nSPS) is 14.6. The van der Waals surface area contributed by atoms with Crippen LogP contribution in [0.1, 0.15) is 37.0 Å².